The van der Waals surface area contributed by atoms with Gasteiger partial charge in [0.15, 0.2) is 0 Å². The van der Waals surface area contributed by atoms with E-state index in [1.165, 1.54) is 6.42 Å². The molecule has 0 radical (unpaired) electrons. The Morgan fingerprint density at radius 3 is 2.56 bits per heavy atom. The van der Waals surface area contributed by atoms with E-state index in [-0.39, 0.29) is 6.10 Å². The molecule has 5 unspecified atom stereocenters. The van der Waals surface area contributed by atoms with Gasteiger partial charge in [-0.05, 0) is 31.6 Å². The highest BCUT2D eigenvalue weighted by Gasteiger charge is 2.39. The van der Waals surface area contributed by atoms with Crippen molar-refractivity contribution in [2.45, 2.75) is 51.8 Å². The third kappa shape index (κ3) is 2.41. The summed E-state index contributed by atoms with van der Waals surface area (Å²) in [6.45, 7) is 9.34. The second kappa shape index (κ2) is 5.03. The quantitative estimate of drug-likeness (QED) is 0.737. The van der Waals surface area contributed by atoms with Crippen LogP contribution in [0.15, 0.2) is 0 Å². The molecule has 0 spiro atoms. The van der Waals surface area contributed by atoms with Gasteiger partial charge < -0.3 is 9.84 Å². The number of hydrogen-bond acceptors (Lipinski definition) is 3. The summed E-state index contributed by atoms with van der Waals surface area (Å²) in [5, 5.41) is 10.3. The molecule has 1 saturated carbocycles. The summed E-state index contributed by atoms with van der Waals surface area (Å²) >= 11 is 0. The van der Waals surface area contributed by atoms with E-state index < -0.39 is 0 Å². The Morgan fingerprint density at radius 1 is 1.19 bits per heavy atom. The lowest BCUT2D eigenvalue weighted by Gasteiger charge is -2.47. The van der Waals surface area contributed by atoms with E-state index >= 15 is 0 Å². The third-order valence-corrected chi connectivity index (χ3v) is 4.20. The van der Waals surface area contributed by atoms with Crippen molar-refractivity contribution in [3.63, 3.8) is 0 Å². The lowest BCUT2D eigenvalue weighted by molar-refractivity contribution is -0.0880. The topological polar surface area (TPSA) is 32.7 Å². The highest BCUT2D eigenvalue weighted by Crippen LogP contribution is 2.33. The second-order valence-corrected chi connectivity index (χ2v) is 5.77. The van der Waals surface area contributed by atoms with Gasteiger partial charge in [0.2, 0.25) is 0 Å². The molecule has 16 heavy (non-hydrogen) atoms. The molecule has 3 nitrogen and oxygen atoms in total. The molecule has 0 amide bonds. The van der Waals surface area contributed by atoms with Crippen molar-refractivity contribution < 1.29 is 9.84 Å². The Balaban J connectivity index is 2.05. The normalized spacial score (nSPS) is 46.9. The molecule has 0 aromatic heterocycles. The Kier molecular flexibility index (Phi) is 3.88. The van der Waals surface area contributed by atoms with Gasteiger partial charge in [-0.25, -0.2) is 0 Å². The first-order chi connectivity index (χ1) is 7.59. The summed E-state index contributed by atoms with van der Waals surface area (Å²) in [7, 11) is 0. The fourth-order valence-corrected chi connectivity index (χ4v) is 3.53. The highest BCUT2D eigenvalue weighted by molar-refractivity contribution is 4.92. The van der Waals surface area contributed by atoms with Gasteiger partial charge in [0.05, 0.1) is 19.3 Å². The van der Waals surface area contributed by atoms with E-state index in [1.807, 2.05) is 0 Å². The van der Waals surface area contributed by atoms with E-state index in [0.29, 0.717) is 23.9 Å². The molecule has 1 aliphatic heterocycles. The lowest BCUT2D eigenvalue weighted by atomic mass is 9.77. The van der Waals surface area contributed by atoms with E-state index in [9.17, 15) is 5.11 Å². The third-order valence-electron chi connectivity index (χ3n) is 4.20. The zero-order valence-electron chi connectivity index (χ0n) is 10.7. The average Bonchev–Trinajstić information content (AvgIpc) is 2.19. The summed E-state index contributed by atoms with van der Waals surface area (Å²) in [6, 6.07) is 0.791. The zero-order chi connectivity index (χ0) is 11.7. The van der Waals surface area contributed by atoms with Crippen LogP contribution in [0, 0.1) is 11.8 Å². The second-order valence-electron chi connectivity index (χ2n) is 5.77. The molecule has 1 aliphatic carbocycles. The standard InChI is InChI=1S/C13H25NO2/c1-9-6-10(2)13(12(15)7-9)14-4-5-16-8-11(14)3/h9-13,15H,4-8H2,1-3H3. The molecule has 1 saturated heterocycles. The predicted molar refractivity (Wildman–Crippen MR) is 64.3 cm³/mol. The number of rotatable bonds is 1. The SMILES string of the molecule is CC1CC(C)C(N2CCOCC2C)C(O)C1. The molecule has 94 valence electrons. The fourth-order valence-electron chi connectivity index (χ4n) is 3.53. The number of morpholine rings is 1. The summed E-state index contributed by atoms with van der Waals surface area (Å²) < 4.78 is 5.47. The molecule has 5 atom stereocenters. The molecule has 2 aliphatic rings. The maximum Gasteiger partial charge on any atom is 0.0700 e. The van der Waals surface area contributed by atoms with Crippen LogP contribution in [0.1, 0.15) is 33.6 Å². The van der Waals surface area contributed by atoms with Crippen molar-refractivity contribution in [3.8, 4) is 0 Å². The van der Waals surface area contributed by atoms with Crippen molar-refractivity contribution in [2.75, 3.05) is 19.8 Å². The molecule has 2 fully saturated rings. The van der Waals surface area contributed by atoms with E-state index in [1.54, 1.807) is 0 Å². The Bertz CT molecular complexity index is 222. The van der Waals surface area contributed by atoms with Gasteiger partial charge in [-0.3, -0.25) is 4.90 Å². The molecule has 1 heterocycles. The van der Waals surface area contributed by atoms with Crippen molar-refractivity contribution in [2.24, 2.45) is 11.8 Å². The molecule has 0 aromatic rings. The summed E-state index contributed by atoms with van der Waals surface area (Å²) in [5.41, 5.74) is 0. The molecular weight excluding hydrogens is 202 g/mol. The van der Waals surface area contributed by atoms with Gasteiger partial charge in [0.1, 0.15) is 0 Å². The number of aliphatic hydroxyl groups is 1. The minimum absolute atomic E-state index is 0.153. The number of hydrogen-bond donors (Lipinski definition) is 1. The Hall–Kier alpha value is -0.120. The number of ether oxygens (including phenoxy) is 1. The molecule has 1 N–H and O–H groups in total. The van der Waals surface area contributed by atoms with Gasteiger partial charge in [-0.1, -0.05) is 13.8 Å². The van der Waals surface area contributed by atoms with Crippen LogP contribution in [0.5, 0.6) is 0 Å². The van der Waals surface area contributed by atoms with Crippen LogP contribution in [0.4, 0.5) is 0 Å². The lowest BCUT2D eigenvalue weighted by Crippen LogP contribution is -2.58. The maximum absolute atomic E-state index is 10.3. The van der Waals surface area contributed by atoms with E-state index in [4.69, 9.17) is 4.74 Å². The molecular formula is C13H25NO2. The summed E-state index contributed by atoms with van der Waals surface area (Å²) in [4.78, 5) is 2.46. The van der Waals surface area contributed by atoms with Crippen LogP contribution in [0.25, 0.3) is 0 Å². The van der Waals surface area contributed by atoms with Crippen LogP contribution in [0.3, 0.4) is 0 Å². The first kappa shape index (κ1) is 12.3. The minimum Gasteiger partial charge on any atom is -0.391 e. The first-order valence-electron chi connectivity index (χ1n) is 6.61. The molecule has 2 rings (SSSR count). The highest BCUT2D eigenvalue weighted by atomic mass is 16.5. The van der Waals surface area contributed by atoms with Crippen molar-refractivity contribution in [3.05, 3.63) is 0 Å². The van der Waals surface area contributed by atoms with Crippen molar-refractivity contribution >= 4 is 0 Å². The van der Waals surface area contributed by atoms with Gasteiger partial charge >= 0.3 is 0 Å². The van der Waals surface area contributed by atoms with Gasteiger partial charge in [-0.15, -0.1) is 0 Å². The van der Waals surface area contributed by atoms with E-state index in [2.05, 4.69) is 25.7 Å². The summed E-state index contributed by atoms with van der Waals surface area (Å²) in [6.07, 6.45) is 2.05. The first-order valence-corrected chi connectivity index (χ1v) is 6.61. The average molecular weight is 227 g/mol. The van der Waals surface area contributed by atoms with Crippen LogP contribution in [-0.4, -0.2) is 48.0 Å². The summed E-state index contributed by atoms with van der Waals surface area (Å²) in [5.74, 6) is 1.26. The maximum atomic E-state index is 10.3. The Morgan fingerprint density at radius 2 is 1.94 bits per heavy atom. The number of nitrogens with zero attached hydrogens (tertiary/aromatic N) is 1. The van der Waals surface area contributed by atoms with E-state index in [0.717, 1.165) is 26.2 Å². The molecule has 0 aromatic carbocycles. The minimum atomic E-state index is -0.153. The number of aliphatic hydroxyl groups excluding tert-OH is 1. The van der Waals surface area contributed by atoms with Crippen LogP contribution < -0.4 is 0 Å². The van der Waals surface area contributed by atoms with Gasteiger partial charge in [-0.2, -0.15) is 0 Å². The fraction of sp³-hybridized carbons (Fsp3) is 1.00. The Labute approximate surface area is 98.8 Å². The predicted octanol–water partition coefficient (Wildman–Crippen LogP) is 1.50. The molecule has 3 heteroatoms. The zero-order valence-corrected chi connectivity index (χ0v) is 10.7. The monoisotopic (exact) mass is 227 g/mol. The van der Waals surface area contributed by atoms with Gasteiger partial charge in [0.25, 0.3) is 0 Å². The van der Waals surface area contributed by atoms with Crippen molar-refractivity contribution in [1.82, 2.24) is 4.90 Å². The van der Waals surface area contributed by atoms with Crippen LogP contribution in [0.2, 0.25) is 0 Å². The van der Waals surface area contributed by atoms with Crippen LogP contribution in [-0.2, 0) is 4.74 Å². The van der Waals surface area contributed by atoms with Crippen LogP contribution >= 0.6 is 0 Å². The molecule has 0 bridgehead atoms. The van der Waals surface area contributed by atoms with Gasteiger partial charge in [0, 0.05) is 18.6 Å². The van der Waals surface area contributed by atoms with Crippen molar-refractivity contribution in [1.29, 1.82) is 0 Å². The smallest absolute Gasteiger partial charge is 0.0700 e. The largest absolute Gasteiger partial charge is 0.391 e.